The van der Waals surface area contributed by atoms with Gasteiger partial charge in [0, 0.05) is 11.8 Å². The number of halogens is 1. The molecule has 20 heavy (non-hydrogen) atoms. The molecule has 2 aromatic carbocycles. The zero-order valence-electron chi connectivity index (χ0n) is 10.9. The smallest absolute Gasteiger partial charge is 0.153 e. The highest BCUT2D eigenvalue weighted by atomic mass is 127. The molecule has 0 amide bonds. The van der Waals surface area contributed by atoms with Gasteiger partial charge >= 0.3 is 0 Å². The maximum atomic E-state index is 5.80. The van der Waals surface area contributed by atoms with E-state index in [-0.39, 0.29) is 24.0 Å². The predicted octanol–water partition coefficient (Wildman–Crippen LogP) is 3.71. The summed E-state index contributed by atoms with van der Waals surface area (Å²) in [5, 5.41) is 7.85. The Bertz CT molecular complexity index is 590. The first-order chi connectivity index (χ1) is 9.36. The predicted molar refractivity (Wildman–Crippen MR) is 96.5 cm³/mol. The van der Waals surface area contributed by atoms with Crippen molar-refractivity contribution in [3.63, 3.8) is 0 Å². The summed E-state index contributed by atoms with van der Waals surface area (Å²) in [6.45, 7) is 0. The molecule has 0 unspecified atom stereocenters. The highest BCUT2D eigenvalue weighted by Crippen LogP contribution is 2.00. The van der Waals surface area contributed by atoms with Gasteiger partial charge < -0.3 is 5.73 Å². The fourth-order valence-electron chi connectivity index (χ4n) is 1.52. The van der Waals surface area contributed by atoms with Gasteiger partial charge in [-0.25, -0.2) is 0 Å². The molecule has 0 aromatic heterocycles. The van der Waals surface area contributed by atoms with Crippen LogP contribution >= 0.6 is 24.0 Å². The lowest BCUT2D eigenvalue weighted by atomic mass is 10.2. The second-order valence-corrected chi connectivity index (χ2v) is 3.89. The normalized spacial score (nSPS) is 11.7. The van der Waals surface area contributed by atoms with Crippen LogP contribution in [0, 0.1) is 0 Å². The van der Waals surface area contributed by atoms with Crippen molar-refractivity contribution in [2.45, 2.75) is 0 Å². The first kappa shape index (κ1) is 16.1. The molecule has 102 valence electrons. The van der Waals surface area contributed by atoms with Crippen LogP contribution in [0.15, 0.2) is 76.9 Å². The molecular formula is C16H16IN3. The van der Waals surface area contributed by atoms with Gasteiger partial charge in [-0.15, -0.1) is 29.1 Å². The SMILES string of the molecule is I.NC(=NN=CC=Cc1ccccc1)c1ccccc1. The quantitative estimate of drug-likeness (QED) is 0.376. The number of amidine groups is 1. The van der Waals surface area contributed by atoms with Crippen molar-refractivity contribution in [2.75, 3.05) is 0 Å². The van der Waals surface area contributed by atoms with E-state index in [9.17, 15) is 0 Å². The lowest BCUT2D eigenvalue weighted by Crippen LogP contribution is -2.12. The van der Waals surface area contributed by atoms with Crippen molar-refractivity contribution in [3.8, 4) is 0 Å². The Kier molecular flexibility index (Phi) is 7.27. The number of rotatable bonds is 4. The summed E-state index contributed by atoms with van der Waals surface area (Å²) in [5.74, 6) is 0.407. The number of allylic oxidation sites excluding steroid dienone is 1. The average Bonchev–Trinajstić information content (AvgIpc) is 2.49. The van der Waals surface area contributed by atoms with E-state index in [0.717, 1.165) is 11.1 Å². The maximum Gasteiger partial charge on any atom is 0.153 e. The summed E-state index contributed by atoms with van der Waals surface area (Å²) in [6.07, 6.45) is 5.40. The Labute approximate surface area is 136 Å². The summed E-state index contributed by atoms with van der Waals surface area (Å²) in [5.41, 5.74) is 7.79. The van der Waals surface area contributed by atoms with E-state index >= 15 is 0 Å². The summed E-state index contributed by atoms with van der Waals surface area (Å²) in [7, 11) is 0. The zero-order chi connectivity index (χ0) is 13.3. The molecule has 0 aliphatic rings. The van der Waals surface area contributed by atoms with Gasteiger partial charge in [0.25, 0.3) is 0 Å². The first-order valence-electron chi connectivity index (χ1n) is 6.00. The molecule has 4 heteroatoms. The van der Waals surface area contributed by atoms with Gasteiger partial charge in [-0.1, -0.05) is 66.7 Å². The summed E-state index contributed by atoms with van der Waals surface area (Å²) < 4.78 is 0. The van der Waals surface area contributed by atoms with Gasteiger partial charge in [-0.2, -0.15) is 5.10 Å². The van der Waals surface area contributed by atoms with E-state index in [1.807, 2.05) is 72.8 Å². The fourth-order valence-corrected chi connectivity index (χ4v) is 1.52. The van der Waals surface area contributed by atoms with Crippen molar-refractivity contribution in [2.24, 2.45) is 15.9 Å². The molecule has 2 N–H and O–H groups in total. The molecule has 0 atom stereocenters. The van der Waals surface area contributed by atoms with Crippen LogP contribution in [-0.4, -0.2) is 12.1 Å². The van der Waals surface area contributed by atoms with Gasteiger partial charge in [0.2, 0.25) is 0 Å². The van der Waals surface area contributed by atoms with E-state index in [2.05, 4.69) is 10.2 Å². The lowest BCUT2D eigenvalue weighted by molar-refractivity contribution is 1.23. The largest absolute Gasteiger partial charge is 0.382 e. The topological polar surface area (TPSA) is 50.7 Å². The molecule has 3 nitrogen and oxygen atoms in total. The molecular weight excluding hydrogens is 361 g/mol. The average molecular weight is 377 g/mol. The minimum atomic E-state index is 0. The van der Waals surface area contributed by atoms with Crippen molar-refractivity contribution in [3.05, 3.63) is 77.9 Å². The van der Waals surface area contributed by atoms with Crippen LogP contribution in [0.2, 0.25) is 0 Å². The van der Waals surface area contributed by atoms with E-state index in [1.54, 1.807) is 6.21 Å². The second-order valence-electron chi connectivity index (χ2n) is 3.89. The van der Waals surface area contributed by atoms with Gasteiger partial charge in [-0.3, -0.25) is 0 Å². The number of hydrogen-bond donors (Lipinski definition) is 1. The van der Waals surface area contributed by atoms with Gasteiger partial charge in [0.1, 0.15) is 0 Å². The van der Waals surface area contributed by atoms with Crippen LogP contribution < -0.4 is 5.73 Å². The van der Waals surface area contributed by atoms with E-state index in [1.165, 1.54) is 0 Å². The molecule has 0 saturated carbocycles. The molecule has 0 saturated heterocycles. The Morgan fingerprint density at radius 1 is 0.900 bits per heavy atom. The third kappa shape index (κ3) is 5.36. The van der Waals surface area contributed by atoms with E-state index < -0.39 is 0 Å². The Morgan fingerprint density at radius 3 is 2.15 bits per heavy atom. The minimum absolute atomic E-state index is 0. The minimum Gasteiger partial charge on any atom is -0.382 e. The summed E-state index contributed by atoms with van der Waals surface area (Å²) >= 11 is 0. The van der Waals surface area contributed by atoms with Crippen LogP contribution in [-0.2, 0) is 0 Å². The van der Waals surface area contributed by atoms with Crippen molar-refractivity contribution in [1.29, 1.82) is 0 Å². The molecule has 0 bridgehead atoms. The Balaban J connectivity index is 0.00000200. The first-order valence-corrected chi connectivity index (χ1v) is 6.00. The molecule has 0 spiro atoms. The highest BCUT2D eigenvalue weighted by molar-refractivity contribution is 14.0. The second kappa shape index (κ2) is 9.03. The molecule has 0 fully saturated rings. The van der Waals surface area contributed by atoms with Crippen LogP contribution in [0.3, 0.4) is 0 Å². The summed E-state index contributed by atoms with van der Waals surface area (Å²) in [4.78, 5) is 0. The number of benzene rings is 2. The Hall–Kier alpha value is -1.95. The molecule has 0 aliphatic heterocycles. The van der Waals surface area contributed by atoms with Crippen molar-refractivity contribution in [1.82, 2.24) is 0 Å². The number of hydrogen-bond acceptors (Lipinski definition) is 2. The van der Waals surface area contributed by atoms with Crippen LogP contribution in [0.5, 0.6) is 0 Å². The van der Waals surface area contributed by atoms with Crippen molar-refractivity contribution >= 4 is 42.1 Å². The molecule has 0 radical (unpaired) electrons. The zero-order valence-corrected chi connectivity index (χ0v) is 13.2. The monoisotopic (exact) mass is 377 g/mol. The third-order valence-corrected chi connectivity index (χ3v) is 2.48. The standard InChI is InChI=1S/C16H15N3.HI/c17-16(15-11-5-2-6-12-15)19-18-13-7-10-14-8-3-1-4-9-14;/h1-13H,(H2,17,19);1H. The van der Waals surface area contributed by atoms with Crippen LogP contribution in [0.25, 0.3) is 6.08 Å². The highest BCUT2D eigenvalue weighted by Gasteiger charge is 1.93. The van der Waals surface area contributed by atoms with Gasteiger partial charge in [-0.05, 0) is 11.6 Å². The number of nitrogens with zero attached hydrogens (tertiary/aromatic N) is 2. The fraction of sp³-hybridized carbons (Fsp3) is 0. The van der Waals surface area contributed by atoms with Gasteiger partial charge in [0.05, 0.1) is 0 Å². The third-order valence-electron chi connectivity index (χ3n) is 2.48. The molecule has 0 aliphatic carbocycles. The van der Waals surface area contributed by atoms with E-state index in [0.29, 0.717) is 5.84 Å². The maximum absolute atomic E-state index is 5.80. The molecule has 2 aromatic rings. The van der Waals surface area contributed by atoms with Crippen LogP contribution in [0.1, 0.15) is 11.1 Å². The van der Waals surface area contributed by atoms with E-state index in [4.69, 9.17) is 5.73 Å². The summed E-state index contributed by atoms with van der Waals surface area (Å²) in [6, 6.07) is 19.6. The Morgan fingerprint density at radius 2 is 1.50 bits per heavy atom. The lowest BCUT2D eigenvalue weighted by Gasteiger charge is -1.95. The molecule has 2 rings (SSSR count). The van der Waals surface area contributed by atoms with Gasteiger partial charge in [0.15, 0.2) is 5.84 Å². The van der Waals surface area contributed by atoms with Crippen LogP contribution in [0.4, 0.5) is 0 Å². The number of nitrogens with two attached hydrogens (primary N) is 1. The van der Waals surface area contributed by atoms with Crippen molar-refractivity contribution < 1.29 is 0 Å². The molecule has 0 heterocycles.